The molecule has 0 aliphatic carbocycles. The largest absolute Gasteiger partial charge is 0.461 e. The fraction of sp³-hybridized carbons (Fsp3) is 0.391. The maximum absolute atomic E-state index is 12.8. The van der Waals surface area contributed by atoms with Crippen LogP contribution in [0.1, 0.15) is 24.0 Å². The summed E-state index contributed by atoms with van der Waals surface area (Å²) in [7, 11) is -0.326. The summed E-state index contributed by atoms with van der Waals surface area (Å²) in [6.07, 6.45) is -0.908. The average molecular weight is 463 g/mol. The predicted molar refractivity (Wildman–Crippen MR) is 121 cm³/mol. The van der Waals surface area contributed by atoms with Crippen molar-refractivity contribution in [3.63, 3.8) is 0 Å². The Labute approximate surface area is 189 Å². The minimum Gasteiger partial charge on any atom is -0.461 e. The highest BCUT2D eigenvalue weighted by molar-refractivity contribution is 7.90. The van der Waals surface area contributed by atoms with Crippen molar-refractivity contribution in [2.75, 3.05) is 27.2 Å². The van der Waals surface area contributed by atoms with Crippen LogP contribution in [0.2, 0.25) is 0 Å². The lowest BCUT2D eigenvalue weighted by molar-refractivity contribution is -0.146. The first-order chi connectivity index (χ1) is 15.3. The molecule has 0 saturated carbocycles. The number of sulfonamides is 1. The Morgan fingerprint density at radius 1 is 0.844 bits per heavy atom. The molecule has 2 aromatic rings. The molecule has 2 rings (SSSR count). The molecule has 0 spiro atoms. The van der Waals surface area contributed by atoms with Gasteiger partial charge in [0.2, 0.25) is 10.0 Å². The van der Waals surface area contributed by atoms with Crippen molar-refractivity contribution >= 4 is 22.0 Å². The van der Waals surface area contributed by atoms with Crippen molar-refractivity contribution in [2.24, 2.45) is 0 Å². The van der Waals surface area contributed by atoms with Crippen LogP contribution in [0.3, 0.4) is 0 Å². The van der Waals surface area contributed by atoms with Gasteiger partial charge >= 0.3 is 11.9 Å². The van der Waals surface area contributed by atoms with Crippen LogP contribution < -0.4 is 4.72 Å². The zero-order chi connectivity index (χ0) is 23.4. The first-order valence-corrected chi connectivity index (χ1v) is 11.8. The Hall–Kier alpha value is -2.75. The molecule has 0 radical (unpaired) electrons. The molecule has 0 amide bonds. The molecular weight excluding hydrogens is 432 g/mol. The van der Waals surface area contributed by atoms with E-state index in [-0.39, 0.29) is 19.8 Å². The maximum atomic E-state index is 12.8. The molecule has 32 heavy (non-hydrogen) atoms. The Morgan fingerprint density at radius 2 is 1.28 bits per heavy atom. The quantitative estimate of drug-likeness (QED) is 0.455. The van der Waals surface area contributed by atoms with Gasteiger partial charge in [0.1, 0.15) is 13.2 Å². The highest BCUT2D eigenvalue weighted by atomic mass is 32.2. The lowest BCUT2D eigenvalue weighted by Crippen LogP contribution is -2.40. The van der Waals surface area contributed by atoms with Crippen LogP contribution in [-0.4, -0.2) is 57.7 Å². The van der Waals surface area contributed by atoms with Crippen molar-refractivity contribution in [1.29, 1.82) is 0 Å². The molecule has 9 heteroatoms. The minimum atomic E-state index is -3.95. The number of rotatable bonds is 13. The summed E-state index contributed by atoms with van der Waals surface area (Å²) in [6, 6.07) is 18.1. The lowest BCUT2D eigenvalue weighted by atomic mass is 10.2. The van der Waals surface area contributed by atoms with Crippen molar-refractivity contribution in [1.82, 2.24) is 9.62 Å². The number of esters is 2. The fourth-order valence-corrected chi connectivity index (χ4v) is 4.11. The summed E-state index contributed by atoms with van der Waals surface area (Å²) in [4.78, 5) is 26.5. The number of carbonyl (C=O) groups is 2. The summed E-state index contributed by atoms with van der Waals surface area (Å²) < 4.78 is 38.5. The van der Waals surface area contributed by atoms with Gasteiger partial charge in [0.15, 0.2) is 0 Å². The highest BCUT2D eigenvalue weighted by Crippen LogP contribution is 2.14. The van der Waals surface area contributed by atoms with Crippen LogP contribution >= 0.6 is 0 Å². The molecule has 0 bridgehead atoms. The molecule has 0 aromatic heterocycles. The Bertz CT molecular complexity index is 891. The fourth-order valence-electron chi connectivity index (χ4n) is 2.79. The van der Waals surface area contributed by atoms with E-state index in [2.05, 4.69) is 4.72 Å². The Morgan fingerprint density at radius 3 is 1.69 bits per heavy atom. The molecule has 0 saturated heterocycles. The summed E-state index contributed by atoms with van der Waals surface area (Å²) >= 11 is 0. The van der Waals surface area contributed by atoms with E-state index in [0.29, 0.717) is 6.54 Å². The van der Waals surface area contributed by atoms with Crippen LogP contribution in [0.5, 0.6) is 0 Å². The van der Waals surface area contributed by atoms with Gasteiger partial charge in [-0.05, 0) is 25.2 Å². The van der Waals surface area contributed by atoms with Crippen LogP contribution in [0.25, 0.3) is 0 Å². The molecular formula is C23H30N2O6S. The predicted octanol–water partition coefficient (Wildman–Crippen LogP) is 2.10. The first-order valence-electron chi connectivity index (χ1n) is 10.3. The second-order valence-electron chi connectivity index (χ2n) is 7.57. The van der Waals surface area contributed by atoms with Crippen molar-refractivity contribution in [3.05, 3.63) is 71.8 Å². The number of hydrogen-bond donors (Lipinski definition) is 1. The van der Waals surface area contributed by atoms with Crippen molar-refractivity contribution < 1.29 is 27.5 Å². The minimum absolute atomic E-state index is 0.0267. The number of nitrogens with zero attached hydrogens (tertiary/aromatic N) is 1. The van der Waals surface area contributed by atoms with Gasteiger partial charge in [0.05, 0.1) is 18.1 Å². The summed E-state index contributed by atoms with van der Waals surface area (Å²) in [5.41, 5.74) is 1.57. The summed E-state index contributed by atoms with van der Waals surface area (Å²) in [5, 5.41) is -1.30. The standard InChI is InChI=1S/C23H30N2O6S/c1-25(2)14-13-24-32(28,29)21(15-22(26)30-17-19-9-5-3-6-10-19)16-23(27)31-18-20-11-7-4-8-12-20/h3-12,21,24H,13-18H2,1-2H3. The van der Waals surface area contributed by atoms with Gasteiger partial charge in [-0.3, -0.25) is 9.59 Å². The topological polar surface area (TPSA) is 102 Å². The van der Waals surface area contributed by atoms with E-state index in [0.717, 1.165) is 11.1 Å². The van der Waals surface area contributed by atoms with E-state index in [1.807, 2.05) is 55.4 Å². The Balaban J connectivity index is 1.98. The SMILES string of the molecule is CN(C)CCNS(=O)(=O)C(CC(=O)OCc1ccccc1)CC(=O)OCc1ccccc1. The first kappa shape index (κ1) is 25.5. The second kappa shape index (κ2) is 12.9. The van der Waals surface area contributed by atoms with Gasteiger partial charge in [-0.1, -0.05) is 60.7 Å². The molecule has 8 nitrogen and oxygen atoms in total. The zero-order valence-corrected chi connectivity index (χ0v) is 19.2. The van der Waals surface area contributed by atoms with Crippen LogP contribution in [-0.2, 0) is 42.3 Å². The lowest BCUT2D eigenvalue weighted by Gasteiger charge is -2.18. The highest BCUT2D eigenvalue weighted by Gasteiger charge is 2.31. The third-order valence-electron chi connectivity index (χ3n) is 4.58. The van der Waals surface area contributed by atoms with Gasteiger partial charge in [-0.2, -0.15) is 0 Å². The number of carbonyl (C=O) groups excluding carboxylic acids is 2. The normalized spacial score (nSPS) is 11.5. The average Bonchev–Trinajstić information content (AvgIpc) is 2.77. The molecule has 0 fully saturated rings. The van der Waals surface area contributed by atoms with Crippen LogP contribution in [0.15, 0.2) is 60.7 Å². The number of ether oxygens (including phenoxy) is 2. The zero-order valence-electron chi connectivity index (χ0n) is 18.4. The van der Waals surface area contributed by atoms with E-state index in [1.54, 1.807) is 24.3 Å². The number of likely N-dealkylation sites (N-methyl/N-ethyl adjacent to an activating group) is 1. The number of nitrogens with one attached hydrogen (secondary N) is 1. The third kappa shape index (κ3) is 9.59. The van der Waals surface area contributed by atoms with E-state index in [1.165, 1.54) is 0 Å². The van der Waals surface area contributed by atoms with Gasteiger partial charge in [0, 0.05) is 13.1 Å². The summed E-state index contributed by atoms with van der Waals surface area (Å²) in [6.45, 7) is 0.685. The molecule has 2 aromatic carbocycles. The van der Waals surface area contributed by atoms with Gasteiger partial charge in [-0.25, -0.2) is 13.1 Å². The van der Waals surface area contributed by atoms with Gasteiger partial charge in [0.25, 0.3) is 0 Å². The summed E-state index contributed by atoms with van der Waals surface area (Å²) in [5.74, 6) is -1.40. The third-order valence-corrected chi connectivity index (χ3v) is 6.39. The number of hydrogen-bond acceptors (Lipinski definition) is 7. The van der Waals surface area contributed by atoms with E-state index in [4.69, 9.17) is 9.47 Å². The maximum Gasteiger partial charge on any atom is 0.307 e. The monoisotopic (exact) mass is 462 g/mol. The molecule has 174 valence electrons. The molecule has 0 heterocycles. The van der Waals surface area contributed by atoms with E-state index < -0.39 is 40.1 Å². The molecule has 0 unspecified atom stereocenters. The Kier molecular flexibility index (Phi) is 10.3. The second-order valence-corrected chi connectivity index (χ2v) is 9.61. The van der Waals surface area contributed by atoms with Crippen LogP contribution in [0, 0.1) is 0 Å². The van der Waals surface area contributed by atoms with E-state index in [9.17, 15) is 18.0 Å². The molecule has 0 aliphatic rings. The van der Waals surface area contributed by atoms with Crippen molar-refractivity contribution in [2.45, 2.75) is 31.3 Å². The molecule has 1 N–H and O–H groups in total. The molecule has 0 atom stereocenters. The van der Waals surface area contributed by atoms with Gasteiger partial charge in [-0.15, -0.1) is 0 Å². The van der Waals surface area contributed by atoms with Crippen LogP contribution in [0.4, 0.5) is 0 Å². The van der Waals surface area contributed by atoms with Gasteiger partial charge < -0.3 is 14.4 Å². The smallest absolute Gasteiger partial charge is 0.307 e. The van der Waals surface area contributed by atoms with E-state index >= 15 is 0 Å². The number of benzene rings is 2. The molecule has 0 aliphatic heterocycles. The van der Waals surface area contributed by atoms with Crippen molar-refractivity contribution in [3.8, 4) is 0 Å².